The van der Waals surface area contributed by atoms with Gasteiger partial charge in [-0.15, -0.1) is 0 Å². The largest absolute Gasteiger partial charge is 0.478 e. The summed E-state index contributed by atoms with van der Waals surface area (Å²) in [6.45, 7) is 6.65. The molecule has 0 aromatic heterocycles. The number of aliphatic carboxylic acids is 1. The molecule has 0 amide bonds. The Hall–Kier alpha value is -0.990. The first-order chi connectivity index (χ1) is 10.5. The SMILES string of the molecule is C(OCC1CO1)C1CO1.C=C(C(=O)O)C(O)CCCCCO. The fourth-order valence-corrected chi connectivity index (χ4v) is 1.60. The van der Waals surface area contributed by atoms with Crippen molar-refractivity contribution in [3.8, 4) is 0 Å². The van der Waals surface area contributed by atoms with E-state index in [2.05, 4.69) is 6.58 Å². The van der Waals surface area contributed by atoms with Crippen molar-refractivity contribution < 1.29 is 34.3 Å². The molecule has 0 aromatic rings. The lowest BCUT2D eigenvalue weighted by atomic mass is 10.0. The Labute approximate surface area is 130 Å². The molecule has 22 heavy (non-hydrogen) atoms. The van der Waals surface area contributed by atoms with Gasteiger partial charge in [-0.05, 0) is 12.8 Å². The highest BCUT2D eigenvalue weighted by atomic mass is 16.6. The Morgan fingerprint density at radius 1 is 1.18 bits per heavy atom. The number of carboxylic acids is 1. The van der Waals surface area contributed by atoms with E-state index in [1.807, 2.05) is 0 Å². The Bertz CT molecular complexity index is 325. The van der Waals surface area contributed by atoms with Gasteiger partial charge < -0.3 is 29.5 Å². The molecule has 3 N–H and O–H groups in total. The summed E-state index contributed by atoms with van der Waals surface area (Å²) in [7, 11) is 0. The minimum Gasteiger partial charge on any atom is -0.478 e. The van der Waals surface area contributed by atoms with Crippen LogP contribution in [-0.4, -0.2) is 72.6 Å². The molecule has 7 nitrogen and oxygen atoms in total. The van der Waals surface area contributed by atoms with Crippen LogP contribution < -0.4 is 0 Å². The highest BCUT2D eigenvalue weighted by Gasteiger charge is 2.26. The molecule has 128 valence electrons. The zero-order valence-electron chi connectivity index (χ0n) is 12.8. The lowest BCUT2D eigenvalue weighted by Gasteiger charge is -2.09. The Morgan fingerprint density at radius 2 is 1.73 bits per heavy atom. The van der Waals surface area contributed by atoms with Gasteiger partial charge in [0, 0.05) is 6.61 Å². The number of hydrogen-bond acceptors (Lipinski definition) is 6. The summed E-state index contributed by atoms with van der Waals surface area (Å²) in [6, 6.07) is 0. The fourth-order valence-electron chi connectivity index (χ4n) is 1.60. The van der Waals surface area contributed by atoms with E-state index in [9.17, 15) is 9.90 Å². The summed E-state index contributed by atoms with van der Waals surface area (Å²) in [5, 5.41) is 26.2. The van der Waals surface area contributed by atoms with Crippen molar-refractivity contribution in [1.29, 1.82) is 0 Å². The van der Waals surface area contributed by atoms with E-state index in [1.165, 1.54) is 0 Å². The number of epoxide rings is 2. The summed E-state index contributed by atoms with van der Waals surface area (Å²) in [6.07, 6.45) is 2.40. The Morgan fingerprint density at radius 3 is 2.14 bits per heavy atom. The summed E-state index contributed by atoms with van der Waals surface area (Å²) >= 11 is 0. The van der Waals surface area contributed by atoms with Crippen LogP contribution in [0.3, 0.4) is 0 Å². The van der Waals surface area contributed by atoms with Crippen LogP contribution in [-0.2, 0) is 19.0 Å². The van der Waals surface area contributed by atoms with Crippen LogP contribution in [0.25, 0.3) is 0 Å². The van der Waals surface area contributed by atoms with Gasteiger partial charge in [-0.25, -0.2) is 4.79 Å². The Balaban J connectivity index is 0.000000231. The van der Waals surface area contributed by atoms with Gasteiger partial charge in [-0.3, -0.25) is 0 Å². The quantitative estimate of drug-likeness (QED) is 0.286. The van der Waals surface area contributed by atoms with Crippen molar-refractivity contribution in [2.24, 2.45) is 0 Å². The first-order valence-corrected chi connectivity index (χ1v) is 7.56. The van der Waals surface area contributed by atoms with E-state index in [0.29, 0.717) is 31.5 Å². The van der Waals surface area contributed by atoms with Crippen LogP contribution in [0.4, 0.5) is 0 Å². The molecule has 0 aliphatic carbocycles. The maximum Gasteiger partial charge on any atom is 0.333 e. The van der Waals surface area contributed by atoms with Crippen molar-refractivity contribution in [1.82, 2.24) is 0 Å². The summed E-state index contributed by atoms with van der Waals surface area (Å²) in [5.41, 5.74) is -0.163. The minimum absolute atomic E-state index is 0.135. The van der Waals surface area contributed by atoms with Gasteiger partial charge in [-0.1, -0.05) is 19.4 Å². The van der Waals surface area contributed by atoms with E-state index < -0.39 is 12.1 Å². The van der Waals surface area contributed by atoms with Crippen molar-refractivity contribution >= 4 is 5.97 Å². The maximum absolute atomic E-state index is 10.3. The van der Waals surface area contributed by atoms with Gasteiger partial charge in [0.25, 0.3) is 0 Å². The number of carbonyl (C=O) groups is 1. The molecule has 2 heterocycles. The second kappa shape index (κ2) is 10.7. The first kappa shape index (κ1) is 19.1. The minimum atomic E-state index is -1.16. The second-order valence-corrected chi connectivity index (χ2v) is 5.37. The zero-order valence-corrected chi connectivity index (χ0v) is 12.8. The molecule has 2 aliphatic heterocycles. The van der Waals surface area contributed by atoms with Gasteiger partial charge in [-0.2, -0.15) is 0 Å². The average molecular weight is 318 g/mol. The predicted molar refractivity (Wildman–Crippen MR) is 78.6 cm³/mol. The molecule has 0 bridgehead atoms. The van der Waals surface area contributed by atoms with E-state index in [1.54, 1.807) is 0 Å². The molecule has 2 rings (SSSR count). The molecule has 3 unspecified atom stereocenters. The van der Waals surface area contributed by atoms with Gasteiger partial charge in [0.2, 0.25) is 0 Å². The highest BCUT2D eigenvalue weighted by molar-refractivity contribution is 5.86. The third-order valence-corrected chi connectivity index (χ3v) is 3.22. The molecule has 2 aliphatic rings. The van der Waals surface area contributed by atoms with Gasteiger partial charge >= 0.3 is 5.97 Å². The highest BCUT2D eigenvalue weighted by Crippen LogP contribution is 2.12. The van der Waals surface area contributed by atoms with E-state index >= 15 is 0 Å². The number of aliphatic hydroxyl groups is 2. The molecule has 2 saturated heterocycles. The summed E-state index contributed by atoms with van der Waals surface area (Å²) < 4.78 is 15.1. The molecule has 2 fully saturated rings. The van der Waals surface area contributed by atoms with E-state index in [0.717, 1.165) is 32.8 Å². The number of ether oxygens (including phenoxy) is 3. The Kier molecular flexibility index (Phi) is 9.26. The average Bonchev–Trinajstić information content (AvgIpc) is 3.37. The van der Waals surface area contributed by atoms with Crippen molar-refractivity contribution in [2.45, 2.75) is 44.0 Å². The molecular formula is C15H26O7. The maximum atomic E-state index is 10.3. The van der Waals surface area contributed by atoms with Crippen molar-refractivity contribution in [3.05, 3.63) is 12.2 Å². The topological polar surface area (TPSA) is 112 Å². The molecule has 0 aromatic carbocycles. The normalized spacial score (nSPS) is 23.2. The summed E-state index contributed by atoms with van der Waals surface area (Å²) in [4.78, 5) is 10.3. The van der Waals surface area contributed by atoms with Gasteiger partial charge in [0.05, 0.1) is 38.1 Å². The number of aliphatic hydroxyl groups excluding tert-OH is 2. The molecule has 0 saturated carbocycles. The monoisotopic (exact) mass is 318 g/mol. The van der Waals surface area contributed by atoms with Gasteiger partial charge in [0.1, 0.15) is 12.2 Å². The lowest BCUT2D eigenvalue weighted by Crippen LogP contribution is -2.16. The third-order valence-electron chi connectivity index (χ3n) is 3.22. The van der Waals surface area contributed by atoms with Crippen molar-refractivity contribution in [2.75, 3.05) is 33.0 Å². The van der Waals surface area contributed by atoms with E-state index in [-0.39, 0.29) is 12.2 Å². The molecule has 0 radical (unpaired) electrons. The smallest absolute Gasteiger partial charge is 0.333 e. The molecule has 0 spiro atoms. The van der Waals surface area contributed by atoms with Crippen LogP contribution >= 0.6 is 0 Å². The van der Waals surface area contributed by atoms with Crippen LogP contribution in [0.5, 0.6) is 0 Å². The third kappa shape index (κ3) is 9.86. The summed E-state index contributed by atoms with van der Waals surface area (Å²) in [5.74, 6) is -1.16. The molecule has 7 heteroatoms. The van der Waals surface area contributed by atoms with Crippen LogP contribution in [0.2, 0.25) is 0 Å². The number of hydrogen-bond donors (Lipinski definition) is 3. The van der Waals surface area contributed by atoms with Crippen LogP contribution in [0.1, 0.15) is 25.7 Å². The van der Waals surface area contributed by atoms with E-state index in [4.69, 9.17) is 24.4 Å². The van der Waals surface area contributed by atoms with Crippen LogP contribution in [0.15, 0.2) is 12.2 Å². The molecule has 3 atom stereocenters. The standard InChI is InChI=1S/C9H16O4.C6H10O3/c1-7(9(12)13)8(11)5-3-2-4-6-10;1(5-3-8-5)7-2-6-4-9-6/h8,10-11H,1-6H2,(H,12,13);5-6H,1-4H2. The fraction of sp³-hybridized carbons (Fsp3) is 0.800. The number of carboxylic acid groups (broad SMARTS) is 1. The first-order valence-electron chi connectivity index (χ1n) is 7.56. The lowest BCUT2D eigenvalue weighted by molar-refractivity contribution is -0.133. The molecular weight excluding hydrogens is 292 g/mol. The number of unbranched alkanes of at least 4 members (excludes halogenated alkanes) is 2. The second-order valence-electron chi connectivity index (χ2n) is 5.37. The van der Waals surface area contributed by atoms with Gasteiger partial charge in [0.15, 0.2) is 0 Å². The van der Waals surface area contributed by atoms with Crippen molar-refractivity contribution in [3.63, 3.8) is 0 Å². The number of rotatable bonds is 11. The van der Waals surface area contributed by atoms with Crippen LogP contribution in [0, 0.1) is 0 Å². The predicted octanol–water partition coefficient (Wildman–Crippen LogP) is 0.341. The zero-order chi connectivity index (χ0) is 16.4.